The highest BCUT2D eigenvalue weighted by atomic mass is 32.2. The zero-order valence-electron chi connectivity index (χ0n) is 13.1. The van der Waals surface area contributed by atoms with Gasteiger partial charge in [0.05, 0.1) is 9.71 Å². The number of thiazole rings is 1. The molecule has 4 rings (SSSR count). The topological polar surface area (TPSA) is 38.7 Å². The molecule has 0 amide bonds. The van der Waals surface area contributed by atoms with Crippen molar-refractivity contribution >= 4 is 33.3 Å². The molecule has 2 aromatic carbocycles. The summed E-state index contributed by atoms with van der Waals surface area (Å²) in [7, 11) is 0. The molecule has 3 nitrogen and oxygen atoms in total. The highest BCUT2D eigenvalue weighted by Gasteiger charge is 2.15. The van der Waals surface area contributed by atoms with Gasteiger partial charge in [-0.1, -0.05) is 72.4 Å². The second-order valence-electron chi connectivity index (χ2n) is 5.40. The van der Waals surface area contributed by atoms with Crippen molar-refractivity contribution in [3.8, 4) is 11.3 Å². The highest BCUT2D eigenvalue weighted by molar-refractivity contribution is 7.98. The molecule has 0 saturated carbocycles. The van der Waals surface area contributed by atoms with Gasteiger partial charge >= 0.3 is 0 Å². The minimum atomic E-state index is 0.867. The van der Waals surface area contributed by atoms with Crippen LogP contribution < -0.4 is 0 Å². The van der Waals surface area contributed by atoms with E-state index in [9.17, 15) is 0 Å². The van der Waals surface area contributed by atoms with Crippen LogP contribution in [-0.4, -0.2) is 15.2 Å². The highest BCUT2D eigenvalue weighted by Crippen LogP contribution is 2.35. The minimum absolute atomic E-state index is 0.867. The summed E-state index contributed by atoms with van der Waals surface area (Å²) >= 11 is 3.37. The minimum Gasteiger partial charge on any atom is -0.238 e. The number of aryl methyl sites for hydroxylation is 1. The molecule has 24 heavy (non-hydrogen) atoms. The Morgan fingerprint density at radius 3 is 2.38 bits per heavy atom. The van der Waals surface area contributed by atoms with Gasteiger partial charge in [0.2, 0.25) is 0 Å². The molecule has 0 aliphatic rings. The molecular weight excluding hydrogens is 334 g/mol. The molecule has 4 aromatic rings. The standard InChI is InChI=1S/C19H15N3S2/c1-13-20-17-18(24-13)16(15-10-6-3-7-11-15)21-22-19(17)23-12-14-8-4-2-5-9-14/h2-11H,12H2,1H3. The summed E-state index contributed by atoms with van der Waals surface area (Å²) in [6, 6.07) is 20.6. The Kier molecular flexibility index (Phi) is 4.28. The van der Waals surface area contributed by atoms with Gasteiger partial charge in [-0.25, -0.2) is 4.98 Å². The number of fused-ring (bicyclic) bond motifs is 1. The first-order valence-corrected chi connectivity index (χ1v) is 9.47. The zero-order valence-corrected chi connectivity index (χ0v) is 14.8. The summed E-state index contributed by atoms with van der Waals surface area (Å²) in [4.78, 5) is 4.71. The van der Waals surface area contributed by atoms with Crippen LogP contribution in [0.3, 0.4) is 0 Å². The van der Waals surface area contributed by atoms with Crippen molar-refractivity contribution in [1.82, 2.24) is 15.2 Å². The van der Waals surface area contributed by atoms with Crippen molar-refractivity contribution in [2.45, 2.75) is 17.7 Å². The zero-order chi connectivity index (χ0) is 16.4. The van der Waals surface area contributed by atoms with Crippen molar-refractivity contribution in [3.05, 3.63) is 71.2 Å². The van der Waals surface area contributed by atoms with Gasteiger partial charge in [0.25, 0.3) is 0 Å². The van der Waals surface area contributed by atoms with Crippen molar-refractivity contribution < 1.29 is 0 Å². The summed E-state index contributed by atoms with van der Waals surface area (Å²) in [6.45, 7) is 2.03. The molecule has 0 spiro atoms. The van der Waals surface area contributed by atoms with Gasteiger partial charge in [0.1, 0.15) is 16.2 Å². The van der Waals surface area contributed by atoms with Crippen LogP contribution in [0.4, 0.5) is 0 Å². The smallest absolute Gasteiger partial charge is 0.146 e. The van der Waals surface area contributed by atoms with E-state index < -0.39 is 0 Å². The Balaban J connectivity index is 1.73. The molecule has 2 aromatic heterocycles. The van der Waals surface area contributed by atoms with Crippen LogP contribution in [0.25, 0.3) is 21.5 Å². The molecule has 0 fully saturated rings. The molecule has 0 bridgehead atoms. The molecule has 0 N–H and O–H groups in total. The maximum Gasteiger partial charge on any atom is 0.146 e. The molecule has 5 heteroatoms. The van der Waals surface area contributed by atoms with Crippen LogP contribution in [0.5, 0.6) is 0 Å². The van der Waals surface area contributed by atoms with Gasteiger partial charge in [-0.05, 0) is 12.5 Å². The normalized spacial score (nSPS) is 11.0. The van der Waals surface area contributed by atoms with Crippen molar-refractivity contribution in [2.75, 3.05) is 0 Å². The van der Waals surface area contributed by atoms with Crippen LogP contribution >= 0.6 is 23.1 Å². The van der Waals surface area contributed by atoms with Crippen molar-refractivity contribution in [3.63, 3.8) is 0 Å². The fraction of sp³-hybridized carbons (Fsp3) is 0.105. The first-order chi connectivity index (χ1) is 11.8. The number of thioether (sulfide) groups is 1. The average Bonchev–Trinajstić information content (AvgIpc) is 3.03. The molecule has 0 radical (unpaired) electrons. The predicted molar refractivity (Wildman–Crippen MR) is 101 cm³/mol. The van der Waals surface area contributed by atoms with E-state index in [-0.39, 0.29) is 0 Å². The van der Waals surface area contributed by atoms with Crippen LogP contribution in [0.2, 0.25) is 0 Å². The molecule has 0 aliphatic heterocycles. The molecule has 0 unspecified atom stereocenters. The van der Waals surface area contributed by atoms with Gasteiger partial charge in [-0.3, -0.25) is 0 Å². The Morgan fingerprint density at radius 1 is 0.917 bits per heavy atom. The number of hydrogen-bond acceptors (Lipinski definition) is 5. The average molecular weight is 349 g/mol. The van der Waals surface area contributed by atoms with Gasteiger partial charge in [0, 0.05) is 11.3 Å². The fourth-order valence-corrected chi connectivity index (χ4v) is 4.40. The van der Waals surface area contributed by atoms with E-state index >= 15 is 0 Å². The van der Waals surface area contributed by atoms with E-state index in [1.165, 1.54) is 5.56 Å². The number of nitrogens with zero attached hydrogens (tertiary/aromatic N) is 3. The van der Waals surface area contributed by atoms with E-state index in [1.54, 1.807) is 23.1 Å². The Bertz CT molecular complexity index is 966. The lowest BCUT2D eigenvalue weighted by molar-refractivity contribution is 0.955. The van der Waals surface area contributed by atoms with E-state index in [0.29, 0.717) is 0 Å². The number of aromatic nitrogens is 3. The van der Waals surface area contributed by atoms with Gasteiger partial charge in [0.15, 0.2) is 0 Å². The number of hydrogen-bond donors (Lipinski definition) is 0. The number of rotatable bonds is 4. The van der Waals surface area contributed by atoms with Crippen LogP contribution in [0.1, 0.15) is 10.6 Å². The van der Waals surface area contributed by atoms with Crippen LogP contribution in [-0.2, 0) is 5.75 Å². The van der Waals surface area contributed by atoms with Gasteiger partial charge in [-0.15, -0.1) is 21.5 Å². The third kappa shape index (κ3) is 3.05. The maximum absolute atomic E-state index is 4.71. The lowest BCUT2D eigenvalue weighted by atomic mass is 10.1. The summed E-state index contributed by atoms with van der Waals surface area (Å²) in [5, 5.41) is 10.9. The summed E-state index contributed by atoms with van der Waals surface area (Å²) in [6.07, 6.45) is 0. The molecule has 0 saturated heterocycles. The Morgan fingerprint density at radius 2 is 1.62 bits per heavy atom. The first-order valence-electron chi connectivity index (χ1n) is 7.67. The second-order valence-corrected chi connectivity index (χ2v) is 7.57. The van der Waals surface area contributed by atoms with Crippen LogP contribution in [0.15, 0.2) is 65.7 Å². The Labute approximate surface area is 148 Å². The quantitative estimate of drug-likeness (QED) is 0.465. The number of benzene rings is 2. The van der Waals surface area contributed by atoms with Crippen molar-refractivity contribution in [2.24, 2.45) is 0 Å². The second kappa shape index (κ2) is 6.71. The van der Waals surface area contributed by atoms with E-state index in [0.717, 1.165) is 37.3 Å². The first kappa shape index (κ1) is 15.3. The fourth-order valence-electron chi connectivity index (χ4n) is 2.53. The molecule has 0 aliphatic carbocycles. The van der Waals surface area contributed by atoms with Gasteiger partial charge < -0.3 is 0 Å². The van der Waals surface area contributed by atoms with E-state index in [2.05, 4.69) is 46.6 Å². The summed E-state index contributed by atoms with van der Waals surface area (Å²) in [5.74, 6) is 0.867. The third-order valence-corrected chi connectivity index (χ3v) is 5.66. The lowest BCUT2D eigenvalue weighted by Crippen LogP contribution is -1.92. The Hall–Kier alpha value is -2.24. The molecule has 2 heterocycles. The van der Waals surface area contributed by atoms with Crippen LogP contribution in [0, 0.1) is 6.92 Å². The maximum atomic E-state index is 4.71. The molecular formula is C19H15N3S2. The van der Waals surface area contributed by atoms with E-state index in [4.69, 9.17) is 4.98 Å². The molecule has 118 valence electrons. The van der Waals surface area contributed by atoms with Crippen molar-refractivity contribution in [1.29, 1.82) is 0 Å². The third-order valence-electron chi connectivity index (χ3n) is 3.66. The monoisotopic (exact) mass is 349 g/mol. The SMILES string of the molecule is Cc1nc2c(SCc3ccccc3)nnc(-c3ccccc3)c2s1. The largest absolute Gasteiger partial charge is 0.238 e. The predicted octanol–water partition coefficient (Wildman–Crippen LogP) is 5.35. The van der Waals surface area contributed by atoms with E-state index in [1.807, 2.05) is 31.2 Å². The lowest BCUT2D eigenvalue weighted by Gasteiger charge is -2.05. The summed E-state index contributed by atoms with van der Waals surface area (Å²) < 4.78 is 1.12. The summed E-state index contributed by atoms with van der Waals surface area (Å²) in [5.41, 5.74) is 4.24. The van der Waals surface area contributed by atoms with Gasteiger partial charge in [-0.2, -0.15) is 0 Å². The molecule has 0 atom stereocenters.